The van der Waals surface area contributed by atoms with Gasteiger partial charge in [0.15, 0.2) is 0 Å². The smallest absolute Gasteiger partial charge is 0.338 e. The second-order valence-corrected chi connectivity index (χ2v) is 2.77. The maximum Gasteiger partial charge on any atom is 0.338 e. The minimum absolute atomic E-state index is 0.209. The molecule has 0 spiro atoms. The van der Waals surface area contributed by atoms with Gasteiger partial charge < -0.3 is 5.11 Å². The van der Waals surface area contributed by atoms with Crippen LogP contribution in [0.3, 0.4) is 0 Å². The van der Waals surface area contributed by atoms with Crippen molar-refractivity contribution in [3.63, 3.8) is 0 Å². The number of fused-ring (bicyclic) bond motifs is 1. The van der Waals surface area contributed by atoms with Crippen molar-refractivity contribution in [1.29, 1.82) is 0 Å². The number of benzene rings is 1. The Labute approximate surface area is 71.8 Å². The van der Waals surface area contributed by atoms with Crippen molar-refractivity contribution in [1.82, 2.24) is 8.75 Å². The average molecular weight is 180 g/mol. The van der Waals surface area contributed by atoms with E-state index >= 15 is 0 Å². The summed E-state index contributed by atoms with van der Waals surface area (Å²) in [6.45, 7) is 0. The van der Waals surface area contributed by atoms with Crippen LogP contribution in [0.25, 0.3) is 11.0 Å². The second-order valence-electron chi connectivity index (χ2n) is 2.24. The first-order valence-corrected chi connectivity index (χ1v) is 3.96. The Hall–Kier alpha value is -1.49. The lowest BCUT2D eigenvalue weighted by atomic mass is 10.2. The van der Waals surface area contributed by atoms with Crippen LogP contribution in [0.15, 0.2) is 18.2 Å². The fourth-order valence-corrected chi connectivity index (χ4v) is 1.53. The third kappa shape index (κ3) is 0.947. The molecular formula is C7H4N2O2S. The van der Waals surface area contributed by atoms with Gasteiger partial charge in [-0.1, -0.05) is 6.07 Å². The maximum absolute atomic E-state index is 10.6. The fraction of sp³-hybridized carbons (Fsp3) is 0. The topological polar surface area (TPSA) is 63.1 Å². The van der Waals surface area contributed by atoms with E-state index in [1.54, 1.807) is 12.1 Å². The normalized spacial score (nSPS) is 10.3. The standard InChI is InChI=1S/C7H4N2O2S/c10-7(11)4-2-1-3-5-6(4)9-12-8-5/h1-3H,(H,10,11). The summed E-state index contributed by atoms with van der Waals surface area (Å²) in [5, 5.41) is 8.74. The molecule has 2 aromatic rings. The first-order chi connectivity index (χ1) is 5.79. The number of aromatic nitrogens is 2. The number of rotatable bonds is 1. The van der Waals surface area contributed by atoms with Crippen molar-refractivity contribution in [2.45, 2.75) is 0 Å². The van der Waals surface area contributed by atoms with E-state index in [9.17, 15) is 4.79 Å². The van der Waals surface area contributed by atoms with Gasteiger partial charge in [0.05, 0.1) is 17.3 Å². The highest BCUT2D eigenvalue weighted by Gasteiger charge is 2.09. The highest BCUT2D eigenvalue weighted by atomic mass is 32.1. The predicted molar refractivity (Wildman–Crippen MR) is 44.4 cm³/mol. The number of carboxylic acids is 1. The molecule has 0 aliphatic carbocycles. The molecule has 5 heteroatoms. The molecule has 1 aromatic heterocycles. The Bertz CT molecular complexity index is 438. The molecule has 2 rings (SSSR count). The number of carbonyl (C=O) groups is 1. The molecule has 12 heavy (non-hydrogen) atoms. The molecule has 0 amide bonds. The molecule has 1 aromatic carbocycles. The van der Waals surface area contributed by atoms with E-state index < -0.39 is 5.97 Å². The first-order valence-electron chi connectivity index (χ1n) is 3.23. The molecule has 0 aliphatic rings. The summed E-state index contributed by atoms with van der Waals surface area (Å²) in [5.74, 6) is -0.965. The van der Waals surface area contributed by atoms with E-state index in [1.165, 1.54) is 6.07 Å². The van der Waals surface area contributed by atoms with E-state index in [0.29, 0.717) is 11.0 Å². The van der Waals surface area contributed by atoms with Gasteiger partial charge in [0.1, 0.15) is 11.0 Å². The van der Waals surface area contributed by atoms with Crippen molar-refractivity contribution in [2.75, 3.05) is 0 Å². The SMILES string of the molecule is O=C(O)c1cccc2nsnc12. The first kappa shape index (κ1) is 7.17. The summed E-state index contributed by atoms with van der Waals surface area (Å²) >= 11 is 1.02. The van der Waals surface area contributed by atoms with Crippen LogP contribution >= 0.6 is 11.7 Å². The second kappa shape index (κ2) is 2.53. The Kier molecular flexibility index (Phi) is 1.51. The lowest BCUT2D eigenvalue weighted by Gasteiger charge is -1.92. The lowest BCUT2D eigenvalue weighted by Crippen LogP contribution is -1.96. The van der Waals surface area contributed by atoms with Crippen LogP contribution in [0.5, 0.6) is 0 Å². The van der Waals surface area contributed by atoms with Gasteiger partial charge in [0.2, 0.25) is 0 Å². The minimum Gasteiger partial charge on any atom is -0.478 e. The van der Waals surface area contributed by atoms with Gasteiger partial charge in [-0.15, -0.1) is 0 Å². The van der Waals surface area contributed by atoms with E-state index in [4.69, 9.17) is 5.11 Å². The van der Waals surface area contributed by atoms with Crippen molar-refractivity contribution in [2.24, 2.45) is 0 Å². The number of carboxylic acid groups (broad SMARTS) is 1. The largest absolute Gasteiger partial charge is 0.478 e. The van der Waals surface area contributed by atoms with Gasteiger partial charge in [-0.25, -0.2) is 4.79 Å². The Morgan fingerprint density at radius 3 is 3.00 bits per heavy atom. The maximum atomic E-state index is 10.6. The molecule has 0 unspecified atom stereocenters. The van der Waals surface area contributed by atoms with Crippen LogP contribution in [0.2, 0.25) is 0 Å². The highest BCUT2D eigenvalue weighted by Crippen LogP contribution is 2.15. The molecule has 0 radical (unpaired) electrons. The molecule has 1 heterocycles. The summed E-state index contributed by atoms with van der Waals surface area (Å²) in [7, 11) is 0. The monoisotopic (exact) mass is 180 g/mol. The van der Waals surface area contributed by atoms with E-state index in [-0.39, 0.29) is 5.56 Å². The van der Waals surface area contributed by atoms with E-state index in [1.807, 2.05) is 0 Å². The van der Waals surface area contributed by atoms with Crippen molar-refractivity contribution < 1.29 is 9.90 Å². The zero-order chi connectivity index (χ0) is 8.55. The van der Waals surface area contributed by atoms with Crippen LogP contribution < -0.4 is 0 Å². The number of hydrogen-bond donors (Lipinski definition) is 1. The Balaban J connectivity index is 2.82. The van der Waals surface area contributed by atoms with E-state index in [2.05, 4.69) is 8.75 Å². The van der Waals surface area contributed by atoms with Gasteiger partial charge in [0.25, 0.3) is 0 Å². The summed E-state index contributed by atoms with van der Waals surface area (Å²) < 4.78 is 7.82. The zero-order valence-electron chi connectivity index (χ0n) is 5.89. The Morgan fingerprint density at radius 2 is 2.25 bits per heavy atom. The summed E-state index contributed by atoms with van der Waals surface area (Å²) in [6.07, 6.45) is 0. The van der Waals surface area contributed by atoms with Crippen LogP contribution in [0.4, 0.5) is 0 Å². The summed E-state index contributed by atoms with van der Waals surface area (Å²) in [6, 6.07) is 4.92. The number of nitrogens with zero attached hydrogens (tertiary/aromatic N) is 2. The van der Waals surface area contributed by atoms with Crippen LogP contribution in [0.1, 0.15) is 10.4 Å². The van der Waals surface area contributed by atoms with E-state index in [0.717, 1.165) is 11.7 Å². The van der Waals surface area contributed by atoms with Crippen molar-refractivity contribution in [3.8, 4) is 0 Å². The van der Waals surface area contributed by atoms with Gasteiger partial charge in [-0.2, -0.15) is 8.75 Å². The molecule has 0 atom stereocenters. The molecule has 4 nitrogen and oxygen atoms in total. The molecule has 0 saturated carbocycles. The molecule has 60 valence electrons. The van der Waals surface area contributed by atoms with Gasteiger partial charge >= 0.3 is 5.97 Å². The average Bonchev–Trinajstić information content (AvgIpc) is 2.49. The van der Waals surface area contributed by atoms with Gasteiger partial charge in [-0.3, -0.25) is 0 Å². The third-order valence-corrected chi connectivity index (χ3v) is 2.06. The molecule has 1 N–H and O–H groups in total. The number of aromatic carboxylic acids is 1. The zero-order valence-corrected chi connectivity index (χ0v) is 6.71. The minimum atomic E-state index is -0.965. The van der Waals surface area contributed by atoms with Crippen molar-refractivity contribution in [3.05, 3.63) is 23.8 Å². The van der Waals surface area contributed by atoms with Gasteiger partial charge in [0, 0.05) is 0 Å². The van der Waals surface area contributed by atoms with Crippen molar-refractivity contribution >= 4 is 28.7 Å². The lowest BCUT2D eigenvalue weighted by molar-refractivity contribution is 0.0699. The fourth-order valence-electron chi connectivity index (χ4n) is 0.979. The molecule has 0 aliphatic heterocycles. The highest BCUT2D eigenvalue weighted by molar-refractivity contribution is 7.00. The van der Waals surface area contributed by atoms with Crippen LogP contribution in [-0.2, 0) is 0 Å². The summed E-state index contributed by atoms with van der Waals surface area (Å²) in [4.78, 5) is 10.6. The number of hydrogen-bond acceptors (Lipinski definition) is 4. The molecule has 0 saturated heterocycles. The van der Waals surface area contributed by atoms with Gasteiger partial charge in [-0.05, 0) is 12.1 Å². The van der Waals surface area contributed by atoms with Crippen LogP contribution in [-0.4, -0.2) is 19.8 Å². The summed E-state index contributed by atoms with van der Waals surface area (Å²) in [5.41, 5.74) is 1.32. The molecule has 0 fully saturated rings. The predicted octanol–water partition coefficient (Wildman–Crippen LogP) is 1.39. The molecular weight excluding hydrogens is 176 g/mol. The third-order valence-electron chi connectivity index (χ3n) is 1.52. The Morgan fingerprint density at radius 1 is 1.42 bits per heavy atom. The van der Waals surface area contributed by atoms with Crippen LogP contribution in [0, 0.1) is 0 Å². The molecule has 0 bridgehead atoms. The quantitative estimate of drug-likeness (QED) is 0.720.